The third kappa shape index (κ3) is 2.53. The van der Waals surface area contributed by atoms with Gasteiger partial charge in [0.05, 0.1) is 10.7 Å². The molecule has 0 aliphatic carbocycles. The van der Waals surface area contributed by atoms with Gasteiger partial charge >= 0.3 is 0 Å². The van der Waals surface area contributed by atoms with Gasteiger partial charge in [-0.15, -0.1) is 0 Å². The van der Waals surface area contributed by atoms with Crippen molar-refractivity contribution in [2.24, 2.45) is 0 Å². The minimum Gasteiger partial charge on any atom is -0.243 e. The Bertz CT molecular complexity index is 741. The Morgan fingerprint density at radius 2 is 1.65 bits per heavy atom. The van der Waals surface area contributed by atoms with Gasteiger partial charge in [0.15, 0.2) is 0 Å². The standard InChI is InChI=1S/C16H10ClFN2/c17-15-9-19-10-20-16(15)13-3-1-2-12(8-13)11-4-6-14(18)7-5-11/h1-10H. The van der Waals surface area contributed by atoms with E-state index >= 15 is 0 Å². The molecular weight excluding hydrogens is 275 g/mol. The summed E-state index contributed by atoms with van der Waals surface area (Å²) < 4.78 is 13.0. The number of benzene rings is 2. The van der Waals surface area contributed by atoms with Crippen LogP contribution >= 0.6 is 11.6 Å². The van der Waals surface area contributed by atoms with Crippen molar-refractivity contribution >= 4 is 11.6 Å². The van der Waals surface area contributed by atoms with Gasteiger partial charge in [0, 0.05) is 11.8 Å². The highest BCUT2D eigenvalue weighted by Gasteiger charge is 2.06. The van der Waals surface area contributed by atoms with E-state index in [4.69, 9.17) is 11.6 Å². The van der Waals surface area contributed by atoms with Crippen molar-refractivity contribution in [2.45, 2.75) is 0 Å². The Hall–Kier alpha value is -2.26. The molecule has 0 saturated heterocycles. The van der Waals surface area contributed by atoms with Gasteiger partial charge in [-0.2, -0.15) is 0 Å². The van der Waals surface area contributed by atoms with E-state index in [1.807, 2.05) is 24.3 Å². The Morgan fingerprint density at radius 1 is 0.900 bits per heavy atom. The molecule has 0 N–H and O–H groups in total. The minimum absolute atomic E-state index is 0.247. The monoisotopic (exact) mass is 284 g/mol. The van der Waals surface area contributed by atoms with E-state index in [0.29, 0.717) is 10.7 Å². The molecule has 0 aliphatic rings. The van der Waals surface area contributed by atoms with Gasteiger partial charge in [0.25, 0.3) is 0 Å². The molecule has 4 heteroatoms. The van der Waals surface area contributed by atoms with Crippen LogP contribution in [0.1, 0.15) is 0 Å². The van der Waals surface area contributed by atoms with Crippen LogP contribution in [0.2, 0.25) is 5.02 Å². The van der Waals surface area contributed by atoms with Crippen molar-refractivity contribution < 1.29 is 4.39 Å². The molecule has 1 aromatic heterocycles. The van der Waals surface area contributed by atoms with Crippen LogP contribution in [0.5, 0.6) is 0 Å². The van der Waals surface area contributed by atoms with Gasteiger partial charge in [-0.05, 0) is 29.3 Å². The molecule has 1 heterocycles. The van der Waals surface area contributed by atoms with Crippen molar-refractivity contribution in [3.8, 4) is 22.4 Å². The maximum atomic E-state index is 13.0. The molecule has 0 radical (unpaired) electrons. The summed E-state index contributed by atoms with van der Waals surface area (Å²) in [6.07, 6.45) is 3.03. The quantitative estimate of drug-likeness (QED) is 0.687. The van der Waals surface area contributed by atoms with E-state index in [0.717, 1.165) is 16.7 Å². The maximum Gasteiger partial charge on any atom is 0.123 e. The molecule has 0 atom stereocenters. The third-order valence-corrected chi connectivity index (χ3v) is 3.26. The van der Waals surface area contributed by atoms with Crippen LogP contribution in [0.15, 0.2) is 61.1 Å². The number of halogens is 2. The molecule has 0 spiro atoms. The van der Waals surface area contributed by atoms with Gasteiger partial charge in [0.1, 0.15) is 12.1 Å². The predicted octanol–water partition coefficient (Wildman–Crippen LogP) is 4.60. The molecule has 0 unspecified atom stereocenters. The number of hydrogen-bond donors (Lipinski definition) is 0. The number of aromatic nitrogens is 2. The Morgan fingerprint density at radius 3 is 2.40 bits per heavy atom. The van der Waals surface area contributed by atoms with Crippen molar-refractivity contribution in [1.29, 1.82) is 0 Å². The Kier molecular flexibility index (Phi) is 3.44. The highest BCUT2D eigenvalue weighted by atomic mass is 35.5. The number of hydrogen-bond acceptors (Lipinski definition) is 2. The van der Waals surface area contributed by atoms with Gasteiger partial charge in [0.2, 0.25) is 0 Å². The van der Waals surface area contributed by atoms with Crippen LogP contribution in [0.4, 0.5) is 4.39 Å². The van der Waals surface area contributed by atoms with E-state index in [1.54, 1.807) is 18.3 Å². The number of nitrogens with zero attached hydrogens (tertiary/aromatic N) is 2. The first-order valence-corrected chi connectivity index (χ1v) is 6.44. The average molecular weight is 285 g/mol. The van der Waals surface area contributed by atoms with Crippen molar-refractivity contribution in [2.75, 3.05) is 0 Å². The number of rotatable bonds is 2. The van der Waals surface area contributed by atoms with Crippen LogP contribution in [-0.4, -0.2) is 9.97 Å². The zero-order chi connectivity index (χ0) is 13.9. The fourth-order valence-corrected chi connectivity index (χ4v) is 2.23. The summed E-state index contributed by atoms with van der Waals surface area (Å²) in [5.74, 6) is -0.247. The zero-order valence-electron chi connectivity index (χ0n) is 10.4. The summed E-state index contributed by atoms with van der Waals surface area (Å²) in [6.45, 7) is 0. The smallest absolute Gasteiger partial charge is 0.123 e. The second kappa shape index (κ2) is 5.39. The summed E-state index contributed by atoms with van der Waals surface area (Å²) >= 11 is 6.10. The van der Waals surface area contributed by atoms with Crippen LogP contribution in [-0.2, 0) is 0 Å². The van der Waals surface area contributed by atoms with E-state index in [2.05, 4.69) is 9.97 Å². The molecule has 0 fully saturated rings. The van der Waals surface area contributed by atoms with Crippen molar-refractivity contribution in [3.05, 3.63) is 71.9 Å². The molecule has 2 aromatic carbocycles. The Balaban J connectivity index is 2.06. The van der Waals surface area contributed by atoms with Crippen LogP contribution < -0.4 is 0 Å². The Labute approximate surface area is 120 Å². The van der Waals surface area contributed by atoms with Crippen molar-refractivity contribution in [3.63, 3.8) is 0 Å². The van der Waals surface area contributed by atoms with E-state index in [-0.39, 0.29) is 5.82 Å². The van der Waals surface area contributed by atoms with Crippen LogP contribution in [0, 0.1) is 5.82 Å². The molecular formula is C16H10ClFN2. The molecule has 0 saturated carbocycles. The van der Waals surface area contributed by atoms with Gasteiger partial charge in [-0.3, -0.25) is 0 Å². The highest BCUT2D eigenvalue weighted by molar-refractivity contribution is 6.32. The molecule has 2 nitrogen and oxygen atoms in total. The minimum atomic E-state index is -0.247. The highest BCUT2D eigenvalue weighted by Crippen LogP contribution is 2.28. The molecule has 0 aliphatic heterocycles. The second-order valence-electron chi connectivity index (χ2n) is 4.31. The summed E-state index contributed by atoms with van der Waals surface area (Å²) in [4.78, 5) is 8.07. The SMILES string of the molecule is Fc1ccc(-c2cccc(-c3ncncc3Cl)c2)cc1. The lowest BCUT2D eigenvalue weighted by atomic mass is 10.0. The van der Waals surface area contributed by atoms with E-state index in [9.17, 15) is 4.39 Å². The van der Waals surface area contributed by atoms with Crippen LogP contribution in [0.3, 0.4) is 0 Å². The topological polar surface area (TPSA) is 25.8 Å². The fraction of sp³-hybridized carbons (Fsp3) is 0. The first kappa shape index (κ1) is 12.8. The third-order valence-electron chi connectivity index (χ3n) is 2.98. The lowest BCUT2D eigenvalue weighted by Gasteiger charge is -2.06. The summed E-state index contributed by atoms with van der Waals surface area (Å²) in [5.41, 5.74) is 3.51. The molecule has 98 valence electrons. The molecule has 3 aromatic rings. The first-order chi connectivity index (χ1) is 9.74. The van der Waals surface area contributed by atoms with Gasteiger partial charge in [-0.1, -0.05) is 41.9 Å². The molecule has 0 amide bonds. The summed E-state index contributed by atoms with van der Waals surface area (Å²) in [5, 5.41) is 0.503. The maximum absolute atomic E-state index is 13.0. The lowest BCUT2D eigenvalue weighted by Crippen LogP contribution is -1.87. The molecule has 3 rings (SSSR count). The van der Waals surface area contributed by atoms with Gasteiger partial charge < -0.3 is 0 Å². The normalized spacial score (nSPS) is 10.5. The van der Waals surface area contributed by atoms with E-state index in [1.165, 1.54) is 18.5 Å². The first-order valence-electron chi connectivity index (χ1n) is 6.06. The second-order valence-corrected chi connectivity index (χ2v) is 4.71. The largest absolute Gasteiger partial charge is 0.243 e. The van der Waals surface area contributed by atoms with Crippen LogP contribution in [0.25, 0.3) is 22.4 Å². The molecule has 0 bridgehead atoms. The fourth-order valence-electron chi connectivity index (χ4n) is 2.01. The average Bonchev–Trinajstić information content (AvgIpc) is 2.49. The summed E-state index contributed by atoms with van der Waals surface area (Å²) in [7, 11) is 0. The zero-order valence-corrected chi connectivity index (χ0v) is 11.2. The lowest BCUT2D eigenvalue weighted by molar-refractivity contribution is 0.628. The van der Waals surface area contributed by atoms with E-state index < -0.39 is 0 Å². The van der Waals surface area contributed by atoms with Crippen molar-refractivity contribution in [1.82, 2.24) is 9.97 Å². The predicted molar refractivity (Wildman–Crippen MR) is 77.9 cm³/mol. The molecule has 20 heavy (non-hydrogen) atoms. The summed E-state index contributed by atoms with van der Waals surface area (Å²) in [6, 6.07) is 14.2. The van der Waals surface area contributed by atoms with Gasteiger partial charge in [-0.25, -0.2) is 14.4 Å².